The van der Waals surface area contributed by atoms with Gasteiger partial charge in [-0.25, -0.2) is 8.98 Å². The van der Waals surface area contributed by atoms with E-state index in [0.717, 1.165) is 31.9 Å². The van der Waals surface area contributed by atoms with Crippen molar-refractivity contribution in [3.63, 3.8) is 0 Å². The van der Waals surface area contributed by atoms with E-state index in [1.807, 2.05) is 21.6 Å². The summed E-state index contributed by atoms with van der Waals surface area (Å²) < 4.78 is 58.0. The molecule has 60 heavy (non-hydrogen) atoms. The molecular formula is C34H53N3O20S3. The zero-order valence-corrected chi connectivity index (χ0v) is 34.6. The summed E-state index contributed by atoms with van der Waals surface area (Å²) in [7, 11) is -1.64. The molecule has 1 aromatic rings. The van der Waals surface area contributed by atoms with E-state index in [1.54, 1.807) is 24.3 Å². The van der Waals surface area contributed by atoms with Crippen LogP contribution in [-0.2, 0) is 47.9 Å². The molecule has 2 amide bonds. The van der Waals surface area contributed by atoms with Crippen molar-refractivity contribution < 1.29 is 96.4 Å². The Balaban J connectivity index is 1.34. The molecule has 0 saturated carbocycles. The summed E-state index contributed by atoms with van der Waals surface area (Å²) in [5.74, 6) is -1.72. The molecule has 3 aliphatic rings. The number of aliphatic hydroxyl groups excluding tert-OH is 8. The number of ether oxygens (including phenoxy) is 4. The first kappa shape index (κ1) is 50.2. The SMILES string of the molecule is CC(=O)N[C@H]1[C@@H](OC[C@@H](O)[C@@H](O)[C@H](O)[C@@H](O)CNc2cccc(NC(=O)CCCCC3CCSS3)c2)O[C@H](CO)[C@H](O)[C@@H]1O[C@@H]1O[C@H](C(=O)O)[C@@H](O)[C@H](OS(=O)(=O)O)[C@H]1O. The Morgan fingerprint density at radius 3 is 2.28 bits per heavy atom. The second-order valence-corrected chi connectivity index (χ2v) is 18.1. The highest BCUT2D eigenvalue weighted by molar-refractivity contribution is 8.77. The number of anilines is 2. The van der Waals surface area contributed by atoms with Gasteiger partial charge in [0, 0.05) is 42.3 Å². The van der Waals surface area contributed by atoms with Crippen molar-refractivity contribution in [1.82, 2.24) is 5.32 Å². The Kier molecular flexibility index (Phi) is 19.5. The van der Waals surface area contributed by atoms with Gasteiger partial charge in [0.15, 0.2) is 18.7 Å². The molecule has 26 heteroatoms. The second kappa shape index (κ2) is 23.3. The fraction of sp³-hybridized carbons (Fsp3) is 0.735. The Morgan fingerprint density at radius 1 is 0.950 bits per heavy atom. The molecule has 0 aliphatic carbocycles. The summed E-state index contributed by atoms with van der Waals surface area (Å²) in [6.45, 7) is -1.19. The van der Waals surface area contributed by atoms with Crippen molar-refractivity contribution in [3.05, 3.63) is 24.3 Å². The van der Waals surface area contributed by atoms with E-state index < -0.39 is 121 Å². The van der Waals surface area contributed by atoms with Crippen molar-refractivity contribution in [2.45, 2.75) is 130 Å². The molecule has 0 aromatic heterocycles. The maximum absolute atomic E-state index is 12.5. The number of carboxylic acid groups (broad SMARTS) is 1. The topological polar surface area (TPSA) is 370 Å². The Bertz CT molecular complexity index is 1660. The van der Waals surface area contributed by atoms with E-state index in [1.165, 1.54) is 6.42 Å². The molecule has 13 N–H and O–H groups in total. The number of carbonyl (C=O) groups is 3. The molecule has 3 heterocycles. The first-order valence-corrected chi connectivity index (χ1v) is 22.6. The zero-order chi connectivity index (χ0) is 44.3. The number of benzene rings is 1. The Labute approximate surface area is 352 Å². The van der Waals surface area contributed by atoms with Crippen molar-refractivity contribution in [2.75, 3.05) is 36.1 Å². The highest BCUT2D eigenvalue weighted by Gasteiger charge is 2.54. The quantitative estimate of drug-likeness (QED) is 0.0311. The van der Waals surface area contributed by atoms with Gasteiger partial charge in [-0.05, 0) is 37.5 Å². The van der Waals surface area contributed by atoms with E-state index in [4.69, 9.17) is 23.5 Å². The second-order valence-electron chi connectivity index (χ2n) is 14.3. The number of carbonyl (C=O) groups excluding carboxylic acids is 2. The normalized spacial score (nSPS) is 31.7. The molecule has 0 spiro atoms. The van der Waals surface area contributed by atoms with Gasteiger partial charge in [0.1, 0.15) is 61.0 Å². The van der Waals surface area contributed by atoms with Gasteiger partial charge in [-0.15, -0.1) is 0 Å². The molecule has 342 valence electrons. The van der Waals surface area contributed by atoms with Crippen LogP contribution >= 0.6 is 21.6 Å². The van der Waals surface area contributed by atoms with E-state index >= 15 is 0 Å². The number of nitrogens with one attached hydrogen (secondary N) is 3. The third kappa shape index (κ3) is 14.5. The molecule has 4 rings (SSSR count). The Hall–Kier alpha value is -2.48. The van der Waals surface area contributed by atoms with Gasteiger partial charge < -0.3 is 80.9 Å². The van der Waals surface area contributed by atoms with Crippen molar-refractivity contribution in [1.29, 1.82) is 0 Å². The van der Waals surface area contributed by atoms with Crippen LogP contribution in [0.1, 0.15) is 39.0 Å². The minimum absolute atomic E-state index is 0.155. The Morgan fingerprint density at radius 2 is 1.65 bits per heavy atom. The maximum Gasteiger partial charge on any atom is 0.397 e. The van der Waals surface area contributed by atoms with Gasteiger partial charge in [-0.3, -0.25) is 14.1 Å². The molecule has 3 aliphatic heterocycles. The number of aliphatic carboxylic acids is 1. The molecule has 23 nitrogen and oxygen atoms in total. The van der Waals surface area contributed by atoms with Crippen LogP contribution in [0.25, 0.3) is 0 Å². The average Bonchev–Trinajstić information content (AvgIpc) is 3.71. The van der Waals surface area contributed by atoms with Crippen LogP contribution in [0.3, 0.4) is 0 Å². The largest absolute Gasteiger partial charge is 0.479 e. The summed E-state index contributed by atoms with van der Waals surface area (Å²) in [5.41, 5.74) is 0.939. The van der Waals surface area contributed by atoms with Gasteiger partial charge in [-0.1, -0.05) is 34.1 Å². The van der Waals surface area contributed by atoms with E-state index in [2.05, 4.69) is 20.1 Å². The third-order valence-corrected chi connectivity index (χ3v) is 13.1. The van der Waals surface area contributed by atoms with Crippen LogP contribution in [0.4, 0.5) is 11.4 Å². The van der Waals surface area contributed by atoms with Crippen LogP contribution in [0.5, 0.6) is 0 Å². The van der Waals surface area contributed by atoms with Crippen LogP contribution in [0.2, 0.25) is 0 Å². The lowest BCUT2D eigenvalue weighted by Crippen LogP contribution is -2.68. The van der Waals surface area contributed by atoms with Gasteiger partial charge in [0.25, 0.3) is 0 Å². The lowest BCUT2D eigenvalue weighted by Gasteiger charge is -2.47. The lowest BCUT2D eigenvalue weighted by molar-refractivity contribution is -0.339. The van der Waals surface area contributed by atoms with Crippen molar-refractivity contribution >= 4 is 61.1 Å². The number of hydrogen-bond donors (Lipinski definition) is 13. The predicted molar refractivity (Wildman–Crippen MR) is 209 cm³/mol. The van der Waals surface area contributed by atoms with Crippen LogP contribution in [0.15, 0.2) is 24.3 Å². The van der Waals surface area contributed by atoms with Crippen LogP contribution < -0.4 is 16.0 Å². The monoisotopic (exact) mass is 919 g/mol. The molecule has 0 radical (unpaired) electrons. The lowest BCUT2D eigenvalue weighted by atomic mass is 9.95. The minimum atomic E-state index is -5.41. The first-order chi connectivity index (χ1) is 28.3. The minimum Gasteiger partial charge on any atom is -0.479 e. The van der Waals surface area contributed by atoms with Gasteiger partial charge in [-0.2, -0.15) is 8.42 Å². The highest BCUT2D eigenvalue weighted by atomic mass is 33.1. The van der Waals surface area contributed by atoms with Crippen molar-refractivity contribution in [3.8, 4) is 0 Å². The summed E-state index contributed by atoms with van der Waals surface area (Å²) in [6.07, 6.45) is -22.4. The third-order valence-electron chi connectivity index (χ3n) is 9.67. The van der Waals surface area contributed by atoms with Gasteiger partial charge in [0.2, 0.25) is 11.8 Å². The van der Waals surface area contributed by atoms with E-state index in [-0.39, 0.29) is 12.5 Å². The van der Waals surface area contributed by atoms with Gasteiger partial charge in [0.05, 0.1) is 19.3 Å². The average molecular weight is 920 g/mol. The number of carboxylic acids is 1. The van der Waals surface area contributed by atoms with Crippen molar-refractivity contribution in [2.24, 2.45) is 0 Å². The number of unbranched alkanes of at least 4 members (excludes halogenated alkanes) is 1. The molecule has 3 fully saturated rings. The van der Waals surface area contributed by atoms with Crippen LogP contribution in [0, 0.1) is 0 Å². The fourth-order valence-electron chi connectivity index (χ4n) is 6.56. The number of rotatable bonds is 22. The number of hydrogen-bond acceptors (Lipinski definition) is 21. The summed E-state index contributed by atoms with van der Waals surface area (Å²) in [6, 6.07) is 4.90. The molecule has 1 aromatic carbocycles. The van der Waals surface area contributed by atoms with E-state index in [0.29, 0.717) is 23.0 Å². The van der Waals surface area contributed by atoms with Gasteiger partial charge >= 0.3 is 16.4 Å². The maximum atomic E-state index is 12.5. The summed E-state index contributed by atoms with van der Waals surface area (Å²) >= 11 is 0. The first-order valence-electron chi connectivity index (χ1n) is 18.8. The zero-order valence-electron chi connectivity index (χ0n) is 32.1. The molecule has 1 unspecified atom stereocenters. The standard InChI is InChI=1S/C34H53N3O20S3/c1-15(39)36-23-29(55-34-28(47)30(57-60(50,51)52)27(46)31(56-34)32(48)49)26(45)21(13-38)54-33(23)53-14-20(41)25(44)24(43)19(40)12-35-16-5-4-6-17(11-16)37-22(42)8-3-2-7-18-9-10-58-59-18/h4-6,11,18-21,23-31,33-35,38,40-41,43-47H,2-3,7-10,12-14H2,1H3,(H,36,39)(H,37,42)(H,48,49)(H,50,51,52)/t18?,19-,20+,21+,23+,24+,25+,26-,27-,28+,29+,30-,31-,33-,34+/m0/s1. The van der Waals surface area contributed by atoms with E-state index in [9.17, 15) is 68.8 Å². The highest BCUT2D eigenvalue weighted by Crippen LogP contribution is 2.40. The number of amides is 2. The smallest absolute Gasteiger partial charge is 0.397 e. The number of aliphatic hydroxyl groups is 8. The fourth-order valence-corrected chi connectivity index (χ4v) is 10.1. The van der Waals surface area contributed by atoms with Crippen LogP contribution in [-0.4, -0.2) is 193 Å². The molecule has 3 saturated heterocycles. The summed E-state index contributed by atoms with van der Waals surface area (Å²) in [5, 5.41) is 103. The molecule has 15 atom stereocenters. The molecular weight excluding hydrogens is 867 g/mol. The summed E-state index contributed by atoms with van der Waals surface area (Å²) in [4.78, 5) is 36.5. The molecule has 0 bridgehead atoms. The predicted octanol–water partition coefficient (Wildman–Crippen LogP) is -3.10.